The Hall–Kier alpha value is -6.89. The molecule has 1 saturated heterocycles. The van der Waals surface area contributed by atoms with Crippen LogP contribution in [0.2, 0.25) is 0 Å². The molecule has 0 radical (unpaired) electrons. The van der Waals surface area contributed by atoms with E-state index in [1.54, 1.807) is 55.4 Å². The molecule has 2 rings (SSSR count). The van der Waals surface area contributed by atoms with Crippen molar-refractivity contribution in [1.29, 1.82) is 0 Å². The van der Waals surface area contributed by atoms with E-state index in [-0.39, 0.29) is 37.9 Å². The van der Waals surface area contributed by atoms with Gasteiger partial charge in [0.25, 0.3) is 0 Å². The van der Waals surface area contributed by atoms with E-state index in [9.17, 15) is 53.1 Å². The number of carbonyl (C=O) groups excluding carboxylic acids is 10. The van der Waals surface area contributed by atoms with Crippen LogP contribution < -0.4 is 54.0 Å². The fourth-order valence-corrected chi connectivity index (χ4v) is 9.01. The minimum absolute atomic E-state index is 0.0743. The first-order valence-electron chi connectivity index (χ1n) is 28.0. The van der Waals surface area contributed by atoms with E-state index in [2.05, 4.69) is 47.5 Å². The molecule has 0 unspecified atom stereocenters. The molecule has 1 aromatic rings. The van der Waals surface area contributed by atoms with Gasteiger partial charge in [-0.2, -0.15) is 0 Å². The average molecular weight is 1130 g/mol. The Kier molecular flexibility index (Phi) is 30.3. The average Bonchev–Trinajstić information content (AvgIpc) is 3.91. The molecule has 0 aliphatic carbocycles. The summed E-state index contributed by atoms with van der Waals surface area (Å²) < 4.78 is 5.94. The Balaban J connectivity index is 2.27. The number of ether oxygens (including phenoxy) is 1. The van der Waals surface area contributed by atoms with E-state index in [1.807, 2.05) is 37.3 Å². The number of likely N-dealkylation sites (N-methyl/N-ethyl adjacent to an activating group) is 2. The molecule has 13 N–H and O–H groups in total. The van der Waals surface area contributed by atoms with Gasteiger partial charge in [0.1, 0.15) is 48.3 Å². The molecular weight excluding hydrogens is 1030 g/mol. The number of amides is 10. The maximum atomic E-state index is 14.2. The summed E-state index contributed by atoms with van der Waals surface area (Å²) in [6.07, 6.45) is 0.347. The largest absolute Gasteiger partial charge is 0.391 e. The molecule has 12 atom stereocenters. The number of aliphatic imine (C=N–C) groups is 1. The SMILES string of the molecule is CCC[C@H](NC(=O)[C@@H](NC(=O)[C@H](NC(=O)[C@@H](NC(=O)CNC(=O)[C@H]([C@@H](C)OCc1ccccc1)N(C)C(C)=O)C(C)C)[C@@H](C)CC)[C@@H](C)O)C(=O)N[C@H](C(=O)N[C@@H](CCCN=C(N)N)C(=O)N1CCC[C@H]1C(=O)NCC)[C@@H](C)CC. The summed E-state index contributed by atoms with van der Waals surface area (Å²) in [5.41, 5.74) is 11.9. The van der Waals surface area contributed by atoms with Gasteiger partial charge < -0.3 is 73.6 Å². The number of aliphatic hydroxyl groups is 1. The van der Waals surface area contributed by atoms with Crippen LogP contribution in [-0.2, 0) is 59.3 Å². The third-order valence-electron chi connectivity index (χ3n) is 14.3. The maximum absolute atomic E-state index is 14.2. The van der Waals surface area contributed by atoms with E-state index in [4.69, 9.17) is 16.2 Å². The Morgan fingerprint density at radius 2 is 1.26 bits per heavy atom. The first kappa shape index (κ1) is 69.2. The number of hydrogen-bond donors (Lipinski definition) is 11. The lowest BCUT2D eigenvalue weighted by Gasteiger charge is -2.32. The second-order valence-corrected chi connectivity index (χ2v) is 21.0. The molecule has 1 aliphatic heterocycles. The molecule has 1 aromatic carbocycles. The van der Waals surface area contributed by atoms with Crippen LogP contribution in [0.5, 0.6) is 0 Å². The second-order valence-electron chi connectivity index (χ2n) is 21.0. The van der Waals surface area contributed by atoms with E-state index < -0.39 is 138 Å². The summed E-state index contributed by atoms with van der Waals surface area (Å²) in [5, 5.41) is 32.3. The number of hydrogen-bond acceptors (Lipinski definition) is 13. The molecule has 0 aromatic heterocycles. The number of carbonyl (C=O) groups is 10. The quantitative estimate of drug-likeness (QED) is 0.0237. The van der Waals surface area contributed by atoms with Crippen molar-refractivity contribution in [2.75, 3.05) is 33.2 Å². The molecule has 1 aliphatic rings. The number of nitrogens with zero attached hydrogens (tertiary/aromatic N) is 3. The van der Waals surface area contributed by atoms with Crippen molar-refractivity contribution in [3.63, 3.8) is 0 Å². The van der Waals surface area contributed by atoms with Crippen molar-refractivity contribution in [1.82, 2.24) is 52.3 Å². The van der Waals surface area contributed by atoms with Gasteiger partial charge in [-0.15, -0.1) is 0 Å². The molecule has 25 heteroatoms. The van der Waals surface area contributed by atoms with Crippen molar-refractivity contribution in [3.05, 3.63) is 35.9 Å². The third kappa shape index (κ3) is 22.0. The van der Waals surface area contributed by atoms with Crippen LogP contribution >= 0.6 is 0 Å². The highest BCUT2D eigenvalue weighted by Gasteiger charge is 2.41. The second kappa shape index (κ2) is 35.0. The molecule has 80 heavy (non-hydrogen) atoms. The van der Waals surface area contributed by atoms with Crippen molar-refractivity contribution in [2.45, 2.75) is 195 Å². The van der Waals surface area contributed by atoms with Crippen molar-refractivity contribution >= 4 is 65.0 Å². The highest BCUT2D eigenvalue weighted by molar-refractivity contribution is 5.98. The van der Waals surface area contributed by atoms with Crippen LogP contribution in [-0.4, -0.2) is 174 Å². The molecule has 0 spiro atoms. The van der Waals surface area contributed by atoms with Crippen LogP contribution in [0.25, 0.3) is 0 Å². The topological polar surface area (TPSA) is 367 Å². The molecule has 450 valence electrons. The highest BCUT2D eigenvalue weighted by Crippen LogP contribution is 2.21. The van der Waals surface area contributed by atoms with E-state index in [1.165, 1.54) is 30.7 Å². The summed E-state index contributed by atoms with van der Waals surface area (Å²) in [6.45, 7) is 18.5. The molecule has 1 fully saturated rings. The van der Waals surface area contributed by atoms with Gasteiger partial charge in [-0.1, -0.05) is 98.1 Å². The number of nitrogens with two attached hydrogens (primary N) is 2. The molecule has 25 nitrogen and oxygen atoms in total. The lowest BCUT2D eigenvalue weighted by molar-refractivity contribution is -0.144. The Labute approximate surface area is 471 Å². The van der Waals surface area contributed by atoms with Gasteiger partial charge in [-0.05, 0) is 76.2 Å². The van der Waals surface area contributed by atoms with Gasteiger partial charge in [0.05, 0.1) is 25.4 Å². The minimum atomic E-state index is -1.65. The summed E-state index contributed by atoms with van der Waals surface area (Å²) in [5.74, 6) is -8.30. The first-order valence-corrected chi connectivity index (χ1v) is 28.0. The van der Waals surface area contributed by atoms with Crippen molar-refractivity contribution in [2.24, 2.45) is 34.2 Å². The van der Waals surface area contributed by atoms with E-state index in [0.29, 0.717) is 51.6 Å². The lowest BCUT2D eigenvalue weighted by Crippen LogP contribution is -2.63. The summed E-state index contributed by atoms with van der Waals surface area (Å²) >= 11 is 0. The normalized spacial score (nSPS) is 17.2. The van der Waals surface area contributed by atoms with Gasteiger partial charge >= 0.3 is 0 Å². The predicted molar refractivity (Wildman–Crippen MR) is 301 cm³/mol. The van der Waals surface area contributed by atoms with Gasteiger partial charge in [0, 0.05) is 33.6 Å². The van der Waals surface area contributed by atoms with Gasteiger partial charge in [-0.25, -0.2) is 0 Å². The summed E-state index contributed by atoms with van der Waals surface area (Å²) in [7, 11) is 1.44. The lowest BCUT2D eigenvalue weighted by atomic mass is 9.95. The zero-order valence-corrected chi connectivity index (χ0v) is 49.0. The number of benzene rings is 1. The van der Waals surface area contributed by atoms with Gasteiger partial charge in [0.15, 0.2) is 5.96 Å². The molecule has 1 heterocycles. The van der Waals surface area contributed by atoms with Gasteiger partial charge in [-0.3, -0.25) is 52.9 Å². The maximum Gasteiger partial charge on any atom is 0.245 e. The Morgan fingerprint density at radius 3 is 1.80 bits per heavy atom. The summed E-state index contributed by atoms with van der Waals surface area (Å²) in [6, 6.07) is -0.345. The standard InChI is InChI=1S/C55H93N13O12/c1-13-22-38(47(72)64-43(32(7)14-2)50(75)62-39(25-20-27-59-55(56)57)54(79)68-28-21-26-40(68)48(73)58-16-4)61-52(77)45(34(9)69)66-51(76)44(33(8)15-3)65-49(74)42(31(5)6)63-41(71)29-60-53(78)46(67(12)36(11)70)35(10)80-30-37-23-18-17-19-24-37/h17-19,23-24,31-35,38-40,42-46,69H,13-16,20-22,25-30H2,1-12H3,(H,58,73)(H,60,78)(H,61,77)(H,62,75)(H,63,71)(H,64,72)(H,65,74)(H,66,76)(H4,56,57,59)/t32-,33-,34+,35+,38-,39-,40-,42-,43-,44+,45-,46-/m0/s1. The van der Waals surface area contributed by atoms with Crippen LogP contribution in [0.4, 0.5) is 0 Å². The zero-order chi connectivity index (χ0) is 60.4. The molecule has 10 amide bonds. The van der Waals surface area contributed by atoms with Crippen LogP contribution in [0.3, 0.4) is 0 Å². The molecular formula is C55H93N13O12. The Morgan fingerprint density at radius 1 is 0.713 bits per heavy atom. The first-order chi connectivity index (χ1) is 37.7. The van der Waals surface area contributed by atoms with Gasteiger partial charge in [0.2, 0.25) is 59.1 Å². The predicted octanol–water partition coefficient (Wildman–Crippen LogP) is -0.427. The smallest absolute Gasteiger partial charge is 0.245 e. The minimum Gasteiger partial charge on any atom is -0.391 e. The zero-order valence-electron chi connectivity index (χ0n) is 49.0. The third-order valence-corrected chi connectivity index (χ3v) is 14.3. The fourth-order valence-electron chi connectivity index (χ4n) is 9.01. The summed E-state index contributed by atoms with van der Waals surface area (Å²) in [4.78, 5) is 144. The number of aliphatic hydroxyl groups excluding tert-OH is 1. The molecule has 0 saturated carbocycles. The number of nitrogens with one attached hydrogen (secondary N) is 8. The fraction of sp³-hybridized carbons (Fsp3) is 0.691. The highest BCUT2D eigenvalue weighted by atomic mass is 16.5. The van der Waals surface area contributed by atoms with E-state index in [0.717, 1.165) is 5.56 Å². The van der Waals surface area contributed by atoms with Crippen molar-refractivity contribution in [3.8, 4) is 0 Å². The number of likely N-dealkylation sites (tertiary alicyclic amines) is 1. The number of guanidine groups is 1. The van der Waals surface area contributed by atoms with E-state index >= 15 is 0 Å². The van der Waals surface area contributed by atoms with Crippen LogP contribution in [0, 0.1) is 17.8 Å². The monoisotopic (exact) mass is 1130 g/mol. The van der Waals surface area contributed by atoms with Crippen molar-refractivity contribution < 1.29 is 57.8 Å². The van der Waals surface area contributed by atoms with Crippen LogP contribution in [0.15, 0.2) is 35.3 Å². The number of rotatable bonds is 34. The molecule has 0 bridgehead atoms. The van der Waals surface area contributed by atoms with Crippen LogP contribution in [0.1, 0.15) is 133 Å². The Bertz CT molecular complexity index is 2250.